The largest absolute Gasteiger partial charge is 0.481 e. The van der Waals surface area contributed by atoms with Gasteiger partial charge in [-0.15, -0.1) is 0 Å². The lowest BCUT2D eigenvalue weighted by Gasteiger charge is -2.45. The van der Waals surface area contributed by atoms with E-state index in [0.29, 0.717) is 43.9 Å². The van der Waals surface area contributed by atoms with Crippen LogP contribution in [0.25, 0.3) is 0 Å². The Hall–Kier alpha value is -2.72. The van der Waals surface area contributed by atoms with Crippen LogP contribution in [0.4, 0.5) is 4.79 Å². The number of rotatable bonds is 9. The van der Waals surface area contributed by atoms with Gasteiger partial charge < -0.3 is 20.3 Å². The Balaban J connectivity index is 1.45. The van der Waals surface area contributed by atoms with Crippen molar-refractivity contribution in [2.75, 3.05) is 19.6 Å². The molecule has 11 heteroatoms. The van der Waals surface area contributed by atoms with E-state index in [1.54, 1.807) is 29.6 Å². The van der Waals surface area contributed by atoms with Gasteiger partial charge in [0.15, 0.2) is 0 Å². The predicted octanol–water partition coefficient (Wildman–Crippen LogP) is 4.35. The number of piperidine rings is 1. The Morgan fingerprint density at radius 2 is 1.87 bits per heavy atom. The summed E-state index contributed by atoms with van der Waals surface area (Å²) in [5.41, 5.74) is 0.876. The third kappa shape index (κ3) is 6.64. The number of hydrogen-bond donors (Lipinski definition) is 4. The van der Waals surface area contributed by atoms with E-state index in [0.717, 1.165) is 47.7 Å². The Morgan fingerprint density at radius 1 is 1.18 bits per heavy atom. The lowest BCUT2D eigenvalue weighted by Crippen LogP contribution is -2.55. The summed E-state index contributed by atoms with van der Waals surface area (Å²) < 4.78 is 1.15. The van der Waals surface area contributed by atoms with E-state index in [-0.39, 0.29) is 18.2 Å². The lowest BCUT2D eigenvalue weighted by molar-refractivity contribution is -0.160. The molecule has 3 N–H and O–H groups in total. The number of urea groups is 1. The Morgan fingerprint density at radius 3 is 2.47 bits per heavy atom. The van der Waals surface area contributed by atoms with Crippen molar-refractivity contribution in [3.63, 3.8) is 0 Å². The number of nitrogens with one attached hydrogen (secondary N) is 2. The highest BCUT2D eigenvalue weighted by Crippen LogP contribution is 2.46. The highest BCUT2D eigenvalue weighted by molar-refractivity contribution is 7.78. The average Bonchev–Trinajstić information content (AvgIpc) is 3.46. The fraction of sp³-hybridized carbons (Fsp3) is 0.556. The van der Waals surface area contributed by atoms with Crippen molar-refractivity contribution in [2.24, 2.45) is 11.3 Å². The fourth-order valence-electron chi connectivity index (χ4n) is 5.86. The van der Waals surface area contributed by atoms with Crippen molar-refractivity contribution >= 4 is 42.3 Å². The van der Waals surface area contributed by atoms with Gasteiger partial charge in [-0.3, -0.25) is 13.9 Å². The van der Waals surface area contributed by atoms with Crippen molar-refractivity contribution in [3.8, 4) is 0 Å². The van der Waals surface area contributed by atoms with Gasteiger partial charge in [-0.1, -0.05) is 55.8 Å². The number of amides is 3. The second-order valence-electron chi connectivity index (χ2n) is 10.4. The Bertz CT molecular complexity index is 1080. The summed E-state index contributed by atoms with van der Waals surface area (Å²) in [5, 5.41) is 13.6. The highest BCUT2D eigenvalue weighted by atomic mass is 35.5. The molecule has 2 aromatic rings. The molecule has 4 rings (SSSR count). The first-order valence-electron chi connectivity index (χ1n) is 13.3. The summed E-state index contributed by atoms with van der Waals surface area (Å²) in [6, 6.07) is 5.81. The number of aliphatic carboxylic acids is 1. The molecule has 2 heterocycles. The molecule has 2 aliphatic rings. The molecule has 1 aliphatic heterocycles. The Kier molecular flexibility index (Phi) is 9.59. The third-order valence-corrected chi connectivity index (χ3v) is 8.84. The van der Waals surface area contributed by atoms with E-state index in [1.165, 1.54) is 0 Å². The molecular weight excluding hydrogens is 526 g/mol. The highest BCUT2D eigenvalue weighted by Gasteiger charge is 2.49. The van der Waals surface area contributed by atoms with Crippen LogP contribution in [0.5, 0.6) is 0 Å². The number of aromatic nitrogens is 2. The summed E-state index contributed by atoms with van der Waals surface area (Å²) in [6.45, 7) is 1.04. The molecule has 9 nitrogen and oxygen atoms in total. The molecule has 1 saturated heterocycles. The number of H-pyrrole nitrogens is 1. The van der Waals surface area contributed by atoms with Crippen LogP contribution in [0.15, 0.2) is 36.8 Å². The first kappa shape index (κ1) is 28.3. The van der Waals surface area contributed by atoms with Crippen LogP contribution in [-0.2, 0) is 22.4 Å². The number of carbonyl (C=O) groups is 3. The molecule has 206 valence electrons. The van der Waals surface area contributed by atoms with Gasteiger partial charge in [0.25, 0.3) is 0 Å². The molecule has 1 aromatic carbocycles. The van der Waals surface area contributed by atoms with Crippen molar-refractivity contribution in [2.45, 2.75) is 63.8 Å². The van der Waals surface area contributed by atoms with E-state index in [4.69, 9.17) is 11.6 Å². The van der Waals surface area contributed by atoms with Gasteiger partial charge >= 0.3 is 12.0 Å². The molecule has 0 spiro atoms. The van der Waals surface area contributed by atoms with Gasteiger partial charge in [-0.25, -0.2) is 9.78 Å². The van der Waals surface area contributed by atoms with E-state index in [9.17, 15) is 19.5 Å². The first-order valence-corrected chi connectivity index (χ1v) is 14.1. The topological polar surface area (TPSA) is 119 Å². The Labute approximate surface area is 233 Å². The quantitative estimate of drug-likeness (QED) is 0.339. The summed E-state index contributed by atoms with van der Waals surface area (Å²) in [4.78, 5) is 48.0. The molecule has 2 fully saturated rings. The number of nitrogens with zero attached hydrogens (tertiary/aromatic N) is 3. The second-order valence-corrected chi connectivity index (χ2v) is 11.2. The van der Waals surface area contributed by atoms with Crippen molar-refractivity contribution in [1.29, 1.82) is 0 Å². The van der Waals surface area contributed by atoms with Gasteiger partial charge in [-0.2, -0.15) is 0 Å². The SMILES string of the molecule is O=C([C@@H](Cc1ccc(Cl)cc1)N(S)C(=O)NCCc1c[nH]cn1)N1CCC(C(=O)O)(C2CCCCC2)CC1. The molecule has 1 atom stereocenters. The van der Waals surface area contributed by atoms with Crippen LogP contribution in [0.3, 0.4) is 0 Å². The van der Waals surface area contributed by atoms with Crippen LogP contribution in [-0.4, -0.2) is 67.9 Å². The number of thiol groups is 1. The molecule has 38 heavy (non-hydrogen) atoms. The average molecular weight is 562 g/mol. The van der Waals surface area contributed by atoms with Crippen LogP contribution < -0.4 is 5.32 Å². The zero-order valence-corrected chi connectivity index (χ0v) is 23.1. The second kappa shape index (κ2) is 12.9. The van der Waals surface area contributed by atoms with Crippen molar-refractivity contribution in [3.05, 3.63) is 53.1 Å². The maximum absolute atomic E-state index is 13.8. The first-order chi connectivity index (χ1) is 18.3. The summed E-state index contributed by atoms with van der Waals surface area (Å²) in [5.74, 6) is -0.834. The molecule has 0 radical (unpaired) electrons. The number of carbonyl (C=O) groups excluding carboxylic acids is 2. The molecule has 1 aliphatic carbocycles. The molecule has 3 amide bonds. The number of aromatic amines is 1. The van der Waals surface area contributed by atoms with Gasteiger partial charge in [0, 0.05) is 43.7 Å². The maximum atomic E-state index is 13.8. The maximum Gasteiger partial charge on any atom is 0.327 e. The van der Waals surface area contributed by atoms with Crippen LogP contribution in [0.2, 0.25) is 5.02 Å². The number of benzene rings is 1. The minimum Gasteiger partial charge on any atom is -0.481 e. The van der Waals surface area contributed by atoms with Gasteiger partial charge in [-0.05, 0) is 49.3 Å². The number of imidazole rings is 1. The van der Waals surface area contributed by atoms with E-state index in [1.807, 2.05) is 12.1 Å². The minimum atomic E-state index is -0.864. The van der Waals surface area contributed by atoms with Crippen molar-refractivity contribution in [1.82, 2.24) is 24.5 Å². The van der Waals surface area contributed by atoms with Crippen LogP contribution >= 0.6 is 24.4 Å². The zero-order chi connectivity index (χ0) is 27.1. The monoisotopic (exact) mass is 561 g/mol. The van der Waals surface area contributed by atoms with Crippen LogP contribution in [0.1, 0.15) is 56.2 Å². The minimum absolute atomic E-state index is 0.150. The number of likely N-dealkylation sites (tertiary alicyclic amines) is 1. The number of carboxylic acid groups (broad SMARTS) is 1. The molecule has 0 bridgehead atoms. The summed E-state index contributed by atoms with van der Waals surface area (Å²) >= 11 is 10.5. The molecule has 1 saturated carbocycles. The lowest BCUT2D eigenvalue weighted by atomic mass is 9.64. The van der Waals surface area contributed by atoms with Crippen LogP contribution in [0, 0.1) is 11.3 Å². The number of carboxylic acids is 1. The molecule has 0 unspecified atom stereocenters. The smallest absolute Gasteiger partial charge is 0.327 e. The van der Waals surface area contributed by atoms with Gasteiger partial charge in [0.1, 0.15) is 6.04 Å². The fourth-order valence-corrected chi connectivity index (χ4v) is 6.24. The normalized spacial score (nSPS) is 18.5. The summed E-state index contributed by atoms with van der Waals surface area (Å²) in [6.07, 6.45) is 10.1. The molecule has 1 aromatic heterocycles. The van der Waals surface area contributed by atoms with E-state index >= 15 is 0 Å². The van der Waals surface area contributed by atoms with E-state index in [2.05, 4.69) is 28.1 Å². The number of hydrogen-bond acceptors (Lipinski definition) is 5. The predicted molar refractivity (Wildman–Crippen MR) is 148 cm³/mol. The third-order valence-electron chi connectivity index (χ3n) is 8.12. The summed E-state index contributed by atoms with van der Waals surface area (Å²) in [7, 11) is 0. The van der Waals surface area contributed by atoms with E-state index < -0.39 is 23.5 Å². The standard InChI is InChI=1S/C27H36ClN5O4S/c28-21-8-6-19(7-9-21)16-23(33(38)26(37)30-13-10-22-17-29-18-31-22)24(34)32-14-11-27(12-15-32,25(35)36)20-4-2-1-3-5-20/h6-9,17-18,20,23,38H,1-5,10-16H2,(H,29,31)(H,30,37)(H,35,36)/t23-/m1/s1. The molecular formula is C27H36ClN5O4S. The number of halogens is 1. The zero-order valence-electron chi connectivity index (χ0n) is 21.4. The van der Waals surface area contributed by atoms with Gasteiger partial charge in [0.2, 0.25) is 5.91 Å². The van der Waals surface area contributed by atoms with Gasteiger partial charge in [0.05, 0.1) is 17.4 Å². The van der Waals surface area contributed by atoms with Crippen molar-refractivity contribution < 1.29 is 19.5 Å².